The van der Waals surface area contributed by atoms with Gasteiger partial charge in [-0.3, -0.25) is 9.36 Å². The third-order valence-corrected chi connectivity index (χ3v) is 4.54. The summed E-state index contributed by atoms with van der Waals surface area (Å²) in [6.07, 6.45) is 0.774. The Balaban J connectivity index is 1.74. The third-order valence-electron chi connectivity index (χ3n) is 3.40. The van der Waals surface area contributed by atoms with Gasteiger partial charge in [0.2, 0.25) is 5.89 Å². The average Bonchev–Trinajstić information content (AvgIpc) is 3.03. The highest BCUT2D eigenvalue weighted by atomic mass is 79.9. The van der Waals surface area contributed by atoms with Crippen molar-refractivity contribution >= 4 is 39.1 Å². The van der Waals surface area contributed by atoms with Gasteiger partial charge >= 0.3 is 0 Å². The number of aromatic nitrogens is 4. The van der Waals surface area contributed by atoms with Crippen LogP contribution in [0.15, 0.2) is 44.4 Å². The van der Waals surface area contributed by atoms with Crippen LogP contribution in [0, 0.1) is 0 Å². The molecule has 0 aliphatic heterocycles. The molecule has 7 nitrogen and oxygen atoms in total. The molecule has 0 spiro atoms. The first-order valence-corrected chi connectivity index (χ1v) is 8.65. The lowest BCUT2D eigenvalue weighted by Gasteiger charge is -2.08. The van der Waals surface area contributed by atoms with Gasteiger partial charge in [0.15, 0.2) is 11.0 Å². The van der Waals surface area contributed by atoms with E-state index in [1.165, 1.54) is 10.8 Å². The molecule has 0 aliphatic carbocycles. The predicted molar refractivity (Wildman–Crippen MR) is 94.7 cm³/mol. The van der Waals surface area contributed by atoms with E-state index in [1.807, 2.05) is 0 Å². The molecule has 0 fully saturated rings. The van der Waals surface area contributed by atoms with Crippen LogP contribution in [-0.4, -0.2) is 24.8 Å². The molecule has 0 bridgehead atoms. The summed E-state index contributed by atoms with van der Waals surface area (Å²) < 4.78 is 6.88. The van der Waals surface area contributed by atoms with Crippen LogP contribution in [0.4, 0.5) is 0 Å². The summed E-state index contributed by atoms with van der Waals surface area (Å²) in [6, 6.07) is 6.84. The molecule has 2 heterocycles. The van der Waals surface area contributed by atoms with Crippen molar-refractivity contribution in [2.45, 2.75) is 19.1 Å². The highest BCUT2D eigenvalue weighted by Crippen LogP contribution is 2.19. The zero-order valence-electron chi connectivity index (χ0n) is 12.6. The SMILES string of the molecule is O=c1c(Cl)ncc(Br)n1Cc1nc(C[C@H](O)c2ccc(Cl)cc2)no1. The van der Waals surface area contributed by atoms with E-state index in [9.17, 15) is 9.90 Å². The highest BCUT2D eigenvalue weighted by molar-refractivity contribution is 9.10. The zero-order chi connectivity index (χ0) is 18.0. The predicted octanol–water partition coefficient (Wildman–Crippen LogP) is 3.02. The molecule has 3 aromatic rings. The summed E-state index contributed by atoms with van der Waals surface area (Å²) in [4.78, 5) is 19.9. The van der Waals surface area contributed by atoms with Gasteiger partial charge in [-0.25, -0.2) is 4.98 Å². The number of rotatable bonds is 5. The summed E-state index contributed by atoms with van der Waals surface area (Å²) in [6.45, 7) is 0.0334. The molecule has 1 aromatic carbocycles. The number of hydrogen-bond acceptors (Lipinski definition) is 6. The Morgan fingerprint density at radius 1 is 1.28 bits per heavy atom. The fourth-order valence-electron chi connectivity index (χ4n) is 2.14. The van der Waals surface area contributed by atoms with Gasteiger partial charge in [0.25, 0.3) is 5.56 Å². The maximum absolute atomic E-state index is 12.0. The Hall–Kier alpha value is -1.74. The van der Waals surface area contributed by atoms with E-state index < -0.39 is 11.7 Å². The van der Waals surface area contributed by atoms with Crippen LogP contribution < -0.4 is 5.56 Å². The molecule has 1 atom stereocenters. The van der Waals surface area contributed by atoms with Crippen molar-refractivity contribution in [2.24, 2.45) is 0 Å². The average molecular weight is 446 g/mol. The van der Waals surface area contributed by atoms with Gasteiger partial charge in [-0.05, 0) is 33.6 Å². The van der Waals surface area contributed by atoms with Crippen LogP contribution in [0.1, 0.15) is 23.4 Å². The van der Waals surface area contributed by atoms with Crippen LogP contribution in [0.25, 0.3) is 0 Å². The smallest absolute Gasteiger partial charge is 0.289 e. The molecule has 0 radical (unpaired) electrons. The largest absolute Gasteiger partial charge is 0.388 e. The van der Waals surface area contributed by atoms with E-state index in [0.717, 1.165) is 0 Å². The Labute approximate surface area is 160 Å². The van der Waals surface area contributed by atoms with Crippen molar-refractivity contribution in [3.63, 3.8) is 0 Å². The lowest BCUT2D eigenvalue weighted by atomic mass is 10.1. The molecule has 0 aliphatic rings. The summed E-state index contributed by atoms with van der Waals surface area (Å²) in [5.41, 5.74) is 0.215. The minimum absolute atomic E-state index is 0.0334. The monoisotopic (exact) mass is 444 g/mol. The molecule has 3 rings (SSSR count). The highest BCUT2D eigenvalue weighted by Gasteiger charge is 2.16. The van der Waals surface area contributed by atoms with Crippen LogP contribution in [0.3, 0.4) is 0 Å². The van der Waals surface area contributed by atoms with E-state index in [2.05, 4.69) is 31.1 Å². The van der Waals surface area contributed by atoms with Gasteiger partial charge in [-0.1, -0.05) is 40.5 Å². The number of hydrogen-bond donors (Lipinski definition) is 1. The molecule has 2 aromatic heterocycles. The Morgan fingerprint density at radius 3 is 2.72 bits per heavy atom. The van der Waals surface area contributed by atoms with Gasteiger partial charge in [-0.2, -0.15) is 4.98 Å². The summed E-state index contributed by atoms with van der Waals surface area (Å²) in [5.74, 6) is 0.533. The van der Waals surface area contributed by atoms with Crippen molar-refractivity contribution in [1.82, 2.24) is 19.7 Å². The van der Waals surface area contributed by atoms with Gasteiger partial charge in [0.05, 0.1) is 12.3 Å². The molecule has 25 heavy (non-hydrogen) atoms. The topological polar surface area (TPSA) is 94.0 Å². The van der Waals surface area contributed by atoms with Crippen molar-refractivity contribution in [1.29, 1.82) is 0 Å². The number of benzene rings is 1. The van der Waals surface area contributed by atoms with E-state index in [-0.39, 0.29) is 24.0 Å². The Kier molecular flexibility index (Phi) is 5.53. The van der Waals surface area contributed by atoms with E-state index >= 15 is 0 Å². The van der Waals surface area contributed by atoms with E-state index in [4.69, 9.17) is 27.7 Å². The van der Waals surface area contributed by atoms with E-state index in [0.29, 0.717) is 21.0 Å². The molecule has 0 saturated carbocycles. The second kappa shape index (κ2) is 7.65. The van der Waals surface area contributed by atoms with E-state index in [1.54, 1.807) is 24.3 Å². The first-order chi connectivity index (χ1) is 11.9. The lowest BCUT2D eigenvalue weighted by Crippen LogP contribution is -2.23. The summed E-state index contributed by atoms with van der Waals surface area (Å²) >= 11 is 14.8. The molecule has 1 N–H and O–H groups in total. The molecular formula is C15H11BrCl2N4O3. The standard InChI is InChI=1S/C15H11BrCl2N4O3/c16-11-6-19-14(18)15(24)22(11)7-13-20-12(21-25-13)5-10(23)8-1-3-9(17)4-2-8/h1-4,6,10,23H,5,7H2/t10-/m0/s1. The first kappa shape index (κ1) is 18.1. The summed E-state index contributed by atoms with van der Waals surface area (Å²) in [5, 5.41) is 14.5. The molecule has 10 heteroatoms. The summed E-state index contributed by atoms with van der Waals surface area (Å²) in [7, 11) is 0. The van der Waals surface area contributed by atoms with Crippen molar-refractivity contribution < 1.29 is 9.63 Å². The van der Waals surface area contributed by atoms with Crippen molar-refractivity contribution in [2.75, 3.05) is 0 Å². The molecule has 0 unspecified atom stereocenters. The van der Waals surface area contributed by atoms with Crippen LogP contribution in [0.2, 0.25) is 10.2 Å². The van der Waals surface area contributed by atoms with Crippen molar-refractivity contribution in [3.05, 3.63) is 72.9 Å². The minimum atomic E-state index is -0.799. The number of aliphatic hydroxyl groups excluding tert-OH is 1. The van der Waals surface area contributed by atoms with Gasteiger partial charge < -0.3 is 9.63 Å². The third kappa shape index (κ3) is 4.27. The normalized spacial score (nSPS) is 12.3. The fraction of sp³-hybridized carbons (Fsp3) is 0.200. The molecule has 0 amide bonds. The first-order valence-electron chi connectivity index (χ1n) is 7.10. The zero-order valence-corrected chi connectivity index (χ0v) is 15.7. The van der Waals surface area contributed by atoms with Crippen molar-refractivity contribution in [3.8, 4) is 0 Å². The molecule has 130 valence electrons. The van der Waals surface area contributed by atoms with Gasteiger partial charge in [0.1, 0.15) is 11.1 Å². The van der Waals surface area contributed by atoms with Gasteiger partial charge in [-0.15, -0.1) is 0 Å². The maximum atomic E-state index is 12.0. The van der Waals surface area contributed by atoms with Crippen LogP contribution in [-0.2, 0) is 13.0 Å². The second-order valence-corrected chi connectivity index (χ2v) is 6.75. The number of nitrogens with zero attached hydrogens (tertiary/aromatic N) is 4. The number of aliphatic hydroxyl groups is 1. The Morgan fingerprint density at radius 2 is 2.00 bits per heavy atom. The number of halogens is 3. The minimum Gasteiger partial charge on any atom is -0.388 e. The molecular weight excluding hydrogens is 435 g/mol. The van der Waals surface area contributed by atoms with Crippen LogP contribution >= 0.6 is 39.1 Å². The lowest BCUT2D eigenvalue weighted by molar-refractivity contribution is 0.174. The van der Waals surface area contributed by atoms with Gasteiger partial charge in [0, 0.05) is 11.4 Å². The quantitative estimate of drug-likeness (QED) is 0.648. The van der Waals surface area contributed by atoms with Crippen LogP contribution in [0.5, 0.6) is 0 Å². The Bertz CT molecular complexity index is 943. The second-order valence-electron chi connectivity index (χ2n) is 5.14. The molecule has 0 saturated heterocycles. The fourth-order valence-corrected chi connectivity index (χ4v) is 2.80. The maximum Gasteiger partial charge on any atom is 0.289 e.